The molecular formula is C14H9IN2O6. The van der Waals surface area contributed by atoms with Crippen LogP contribution in [-0.2, 0) is 11.3 Å². The van der Waals surface area contributed by atoms with Crippen LogP contribution in [0.25, 0.3) is 0 Å². The molecule has 2 aromatic carbocycles. The predicted octanol–water partition coefficient (Wildman–Crippen LogP) is 3.46. The summed E-state index contributed by atoms with van der Waals surface area (Å²) < 4.78 is 5.97. The Kier molecular flexibility index (Phi) is 5.21. The first-order valence-electron chi connectivity index (χ1n) is 6.23. The Bertz CT molecular complexity index is 760. The first-order valence-corrected chi connectivity index (χ1v) is 7.31. The summed E-state index contributed by atoms with van der Waals surface area (Å²) >= 11 is 2.08. The largest absolute Gasteiger partial charge is 0.457 e. The molecule has 2 rings (SSSR count). The summed E-state index contributed by atoms with van der Waals surface area (Å²) in [5, 5.41) is 21.6. The Morgan fingerprint density at radius 1 is 1.04 bits per heavy atom. The highest BCUT2D eigenvalue weighted by Gasteiger charge is 2.20. The van der Waals surface area contributed by atoms with Crippen LogP contribution in [0.2, 0.25) is 0 Å². The van der Waals surface area contributed by atoms with Crippen molar-refractivity contribution in [2.75, 3.05) is 0 Å². The summed E-state index contributed by atoms with van der Waals surface area (Å²) in [7, 11) is 0. The Morgan fingerprint density at radius 2 is 1.61 bits per heavy atom. The molecular weight excluding hydrogens is 419 g/mol. The second-order valence-corrected chi connectivity index (χ2v) is 5.58. The number of benzene rings is 2. The minimum atomic E-state index is -0.864. The molecule has 0 N–H and O–H groups in total. The molecule has 0 bridgehead atoms. The molecule has 8 nitrogen and oxygen atoms in total. The monoisotopic (exact) mass is 428 g/mol. The van der Waals surface area contributed by atoms with Gasteiger partial charge in [0.15, 0.2) is 0 Å². The Labute approximate surface area is 143 Å². The standard InChI is InChI=1S/C14H9IN2O6/c15-13-4-2-1-3-9(13)8-23-14(18)10-5-11(16(19)20)7-12(6-10)17(21)22/h1-7H,8H2. The topological polar surface area (TPSA) is 113 Å². The molecule has 0 amide bonds. The van der Waals surface area contributed by atoms with Gasteiger partial charge in [-0.3, -0.25) is 20.2 Å². The second kappa shape index (κ2) is 7.13. The SMILES string of the molecule is O=C(OCc1ccccc1I)c1cc([N+](=O)[O-])cc([N+](=O)[O-])c1. The average molecular weight is 428 g/mol. The number of esters is 1. The molecule has 0 aromatic heterocycles. The fraction of sp³-hybridized carbons (Fsp3) is 0.0714. The third kappa shape index (κ3) is 4.22. The van der Waals surface area contributed by atoms with Gasteiger partial charge >= 0.3 is 5.97 Å². The lowest BCUT2D eigenvalue weighted by Crippen LogP contribution is -2.07. The van der Waals surface area contributed by atoms with Crippen molar-refractivity contribution >= 4 is 39.9 Å². The fourth-order valence-corrected chi connectivity index (χ4v) is 2.31. The molecule has 0 saturated carbocycles. The third-order valence-corrected chi connectivity index (χ3v) is 3.93. The first-order chi connectivity index (χ1) is 10.9. The highest BCUT2D eigenvalue weighted by Crippen LogP contribution is 2.23. The van der Waals surface area contributed by atoms with Gasteiger partial charge in [-0.05, 0) is 28.7 Å². The fourth-order valence-electron chi connectivity index (χ4n) is 1.77. The van der Waals surface area contributed by atoms with Crippen molar-refractivity contribution in [3.05, 3.63) is 77.4 Å². The van der Waals surface area contributed by atoms with Crippen molar-refractivity contribution in [3.8, 4) is 0 Å². The molecule has 2 aromatic rings. The van der Waals surface area contributed by atoms with Crippen molar-refractivity contribution < 1.29 is 19.4 Å². The highest BCUT2D eigenvalue weighted by molar-refractivity contribution is 14.1. The number of carbonyl (C=O) groups excluding carboxylic acids is 1. The maximum Gasteiger partial charge on any atom is 0.338 e. The van der Waals surface area contributed by atoms with Crippen LogP contribution in [0.3, 0.4) is 0 Å². The number of nitrogens with zero attached hydrogens (tertiary/aromatic N) is 2. The van der Waals surface area contributed by atoms with Crippen LogP contribution in [0.15, 0.2) is 42.5 Å². The van der Waals surface area contributed by atoms with Gasteiger partial charge in [0, 0.05) is 21.3 Å². The van der Waals surface area contributed by atoms with E-state index >= 15 is 0 Å². The van der Waals surface area contributed by atoms with E-state index < -0.39 is 27.2 Å². The predicted molar refractivity (Wildman–Crippen MR) is 88.0 cm³/mol. The van der Waals surface area contributed by atoms with Crippen LogP contribution in [0, 0.1) is 23.8 Å². The van der Waals surface area contributed by atoms with Crippen molar-refractivity contribution in [1.29, 1.82) is 0 Å². The molecule has 9 heteroatoms. The quantitative estimate of drug-likeness (QED) is 0.312. The minimum Gasteiger partial charge on any atom is -0.457 e. The Balaban J connectivity index is 2.23. The van der Waals surface area contributed by atoms with Crippen LogP contribution in [-0.4, -0.2) is 15.8 Å². The second-order valence-electron chi connectivity index (χ2n) is 4.42. The highest BCUT2D eigenvalue weighted by atomic mass is 127. The summed E-state index contributed by atoms with van der Waals surface area (Å²) in [4.78, 5) is 32.0. The zero-order valence-electron chi connectivity index (χ0n) is 11.5. The van der Waals surface area contributed by atoms with E-state index in [2.05, 4.69) is 22.6 Å². The molecule has 0 saturated heterocycles. The lowest BCUT2D eigenvalue weighted by Gasteiger charge is -2.06. The van der Waals surface area contributed by atoms with Crippen LogP contribution in [0.4, 0.5) is 11.4 Å². The van der Waals surface area contributed by atoms with Crippen LogP contribution < -0.4 is 0 Å². The van der Waals surface area contributed by atoms with Crippen molar-refractivity contribution in [3.63, 3.8) is 0 Å². The molecule has 0 atom stereocenters. The molecule has 0 heterocycles. The van der Waals surface area contributed by atoms with Gasteiger partial charge in [-0.15, -0.1) is 0 Å². The molecule has 118 valence electrons. The van der Waals surface area contributed by atoms with Gasteiger partial charge in [-0.1, -0.05) is 18.2 Å². The van der Waals surface area contributed by atoms with Gasteiger partial charge in [0.1, 0.15) is 6.61 Å². The van der Waals surface area contributed by atoms with E-state index in [1.54, 1.807) is 12.1 Å². The molecule has 0 aliphatic carbocycles. The van der Waals surface area contributed by atoms with E-state index in [1.807, 2.05) is 12.1 Å². The summed E-state index contributed by atoms with van der Waals surface area (Å²) in [5.41, 5.74) is -0.556. The zero-order valence-corrected chi connectivity index (χ0v) is 13.6. The minimum absolute atomic E-state index is 0.0333. The van der Waals surface area contributed by atoms with Crippen molar-refractivity contribution in [1.82, 2.24) is 0 Å². The van der Waals surface area contributed by atoms with E-state index in [4.69, 9.17) is 4.74 Å². The number of hydrogen-bond acceptors (Lipinski definition) is 6. The van der Waals surface area contributed by atoms with Gasteiger partial charge in [0.25, 0.3) is 11.4 Å². The van der Waals surface area contributed by atoms with Crippen LogP contribution >= 0.6 is 22.6 Å². The molecule has 0 fully saturated rings. The normalized spacial score (nSPS) is 10.1. The number of halogens is 1. The van der Waals surface area contributed by atoms with Gasteiger partial charge in [-0.2, -0.15) is 0 Å². The molecule has 0 aliphatic heterocycles. The number of ether oxygens (including phenoxy) is 1. The van der Waals surface area contributed by atoms with Gasteiger partial charge in [0.2, 0.25) is 0 Å². The molecule has 0 unspecified atom stereocenters. The van der Waals surface area contributed by atoms with Gasteiger partial charge in [0.05, 0.1) is 21.5 Å². The maximum absolute atomic E-state index is 12.0. The number of hydrogen-bond donors (Lipinski definition) is 0. The zero-order chi connectivity index (χ0) is 17.0. The number of nitro groups is 2. The molecule has 0 aliphatic rings. The Morgan fingerprint density at radius 3 is 2.13 bits per heavy atom. The Hall–Kier alpha value is -2.56. The molecule has 23 heavy (non-hydrogen) atoms. The number of carbonyl (C=O) groups is 1. The van der Waals surface area contributed by atoms with Gasteiger partial charge < -0.3 is 4.74 Å². The van der Waals surface area contributed by atoms with Crippen LogP contribution in [0.1, 0.15) is 15.9 Å². The lowest BCUT2D eigenvalue weighted by atomic mass is 10.1. The van der Waals surface area contributed by atoms with Crippen LogP contribution in [0.5, 0.6) is 0 Å². The maximum atomic E-state index is 12.0. The van der Waals surface area contributed by atoms with E-state index in [0.29, 0.717) is 0 Å². The summed E-state index contributed by atoms with van der Waals surface area (Å²) in [6.07, 6.45) is 0. The van der Waals surface area contributed by atoms with Gasteiger partial charge in [-0.25, -0.2) is 4.79 Å². The number of nitro benzene ring substituents is 2. The van der Waals surface area contributed by atoms with E-state index in [-0.39, 0.29) is 12.2 Å². The first kappa shape index (κ1) is 16.8. The third-order valence-electron chi connectivity index (χ3n) is 2.88. The smallest absolute Gasteiger partial charge is 0.338 e. The summed E-state index contributed by atoms with van der Waals surface area (Å²) in [6.45, 7) is -0.0333. The number of non-ortho nitro benzene ring substituents is 2. The summed E-state index contributed by atoms with van der Waals surface area (Å²) in [6, 6.07) is 9.90. The average Bonchev–Trinajstić information content (AvgIpc) is 2.53. The molecule has 0 spiro atoms. The van der Waals surface area contributed by atoms with E-state index in [1.165, 1.54) is 0 Å². The summed E-state index contributed by atoms with van der Waals surface area (Å²) in [5.74, 6) is -0.864. The number of rotatable bonds is 5. The van der Waals surface area contributed by atoms with E-state index in [0.717, 1.165) is 27.3 Å². The van der Waals surface area contributed by atoms with Crippen molar-refractivity contribution in [2.45, 2.75) is 6.61 Å². The van der Waals surface area contributed by atoms with E-state index in [9.17, 15) is 25.0 Å². The lowest BCUT2D eigenvalue weighted by molar-refractivity contribution is -0.394. The molecule has 0 radical (unpaired) electrons. The van der Waals surface area contributed by atoms with Crippen molar-refractivity contribution in [2.24, 2.45) is 0 Å².